The lowest BCUT2D eigenvalue weighted by Crippen LogP contribution is -2.37. The predicted molar refractivity (Wildman–Crippen MR) is 122 cm³/mol. The molecule has 2 aliphatic heterocycles. The molecule has 0 spiro atoms. The average Bonchev–Trinajstić information content (AvgIpc) is 3.48. The molecule has 0 saturated carbocycles. The number of nitrogens with zero attached hydrogens (tertiary/aromatic N) is 2. The largest absolute Gasteiger partial charge is 0.493 e. The molecule has 0 amide bonds. The highest BCUT2D eigenvalue weighted by atomic mass is 32.1. The molecule has 0 radical (unpaired) electrons. The summed E-state index contributed by atoms with van der Waals surface area (Å²) in [6.45, 7) is 1.12. The maximum absolute atomic E-state index is 5.78. The third kappa shape index (κ3) is 3.47. The van der Waals surface area contributed by atoms with E-state index in [1.54, 1.807) is 32.7 Å². The van der Waals surface area contributed by atoms with Crippen molar-refractivity contribution >= 4 is 16.5 Å². The first-order valence-electron chi connectivity index (χ1n) is 10.3. The van der Waals surface area contributed by atoms with Crippen LogP contribution in [0.2, 0.25) is 0 Å². The van der Waals surface area contributed by atoms with Crippen molar-refractivity contribution in [3.8, 4) is 40.0 Å². The minimum absolute atomic E-state index is 0.104. The molecule has 0 saturated heterocycles. The number of likely N-dealkylation sites (N-methyl/N-ethyl adjacent to an activating group) is 1. The fourth-order valence-electron chi connectivity index (χ4n) is 4.20. The van der Waals surface area contributed by atoms with Crippen molar-refractivity contribution in [3.05, 3.63) is 40.8 Å². The molecule has 3 heterocycles. The summed E-state index contributed by atoms with van der Waals surface area (Å²) in [4.78, 5) is 7.08. The first kappa shape index (κ1) is 20.7. The number of benzene rings is 2. The van der Waals surface area contributed by atoms with Gasteiger partial charge in [0.25, 0.3) is 0 Å². The van der Waals surface area contributed by atoms with Crippen molar-refractivity contribution < 1.29 is 23.7 Å². The van der Waals surface area contributed by atoms with Gasteiger partial charge < -0.3 is 29.0 Å². The van der Waals surface area contributed by atoms with Crippen LogP contribution in [0.15, 0.2) is 29.6 Å². The number of fused-ring (bicyclic) bond motifs is 2. The highest BCUT2D eigenvalue weighted by Gasteiger charge is 2.34. The van der Waals surface area contributed by atoms with Crippen LogP contribution in [0.25, 0.3) is 11.3 Å². The van der Waals surface area contributed by atoms with E-state index < -0.39 is 0 Å². The van der Waals surface area contributed by atoms with E-state index in [2.05, 4.69) is 23.3 Å². The highest BCUT2D eigenvalue weighted by Crippen LogP contribution is 2.49. The standard InChI is InChI=1S/C23H25N3O5S/c1-26-8-7-14-10-18-20(31-12-30-18)21(29-4)19(14)22(26)25-23-24-15(11-32-23)13-5-6-16(27-2)17(9-13)28-3/h5-6,9-11,22H,7-8,12H2,1-4H3,(H,24,25). The first-order chi connectivity index (χ1) is 15.6. The van der Waals surface area contributed by atoms with Gasteiger partial charge in [-0.1, -0.05) is 0 Å². The molecule has 5 rings (SSSR count). The van der Waals surface area contributed by atoms with Crippen LogP contribution in [0.3, 0.4) is 0 Å². The summed E-state index contributed by atoms with van der Waals surface area (Å²) in [6.07, 6.45) is 0.804. The monoisotopic (exact) mass is 455 g/mol. The van der Waals surface area contributed by atoms with Gasteiger partial charge in [-0.2, -0.15) is 0 Å². The van der Waals surface area contributed by atoms with Gasteiger partial charge in [-0.15, -0.1) is 11.3 Å². The van der Waals surface area contributed by atoms with Crippen molar-refractivity contribution in [2.75, 3.05) is 47.0 Å². The summed E-state index contributed by atoms with van der Waals surface area (Å²) >= 11 is 1.56. The van der Waals surface area contributed by atoms with Gasteiger partial charge in [0.2, 0.25) is 12.5 Å². The zero-order valence-corrected chi connectivity index (χ0v) is 19.2. The maximum Gasteiger partial charge on any atom is 0.231 e. The Kier molecular flexibility index (Phi) is 5.44. The minimum atomic E-state index is -0.104. The fraction of sp³-hybridized carbons (Fsp3) is 0.348. The van der Waals surface area contributed by atoms with Gasteiger partial charge >= 0.3 is 0 Å². The van der Waals surface area contributed by atoms with E-state index in [0.29, 0.717) is 17.2 Å². The molecule has 0 bridgehead atoms. The van der Waals surface area contributed by atoms with Crippen LogP contribution >= 0.6 is 11.3 Å². The zero-order valence-electron chi connectivity index (χ0n) is 18.4. The quantitative estimate of drug-likeness (QED) is 0.594. The molecule has 1 atom stereocenters. The topological polar surface area (TPSA) is 74.3 Å². The van der Waals surface area contributed by atoms with Crippen LogP contribution in [-0.4, -0.2) is 51.6 Å². The number of aromatic nitrogens is 1. The van der Waals surface area contributed by atoms with Gasteiger partial charge in [-0.25, -0.2) is 4.98 Å². The molecule has 168 valence electrons. The molecule has 1 aromatic heterocycles. The number of nitrogens with one attached hydrogen (secondary N) is 1. The molecule has 0 aliphatic carbocycles. The highest BCUT2D eigenvalue weighted by molar-refractivity contribution is 7.14. The summed E-state index contributed by atoms with van der Waals surface area (Å²) < 4.78 is 27.9. The van der Waals surface area contributed by atoms with Crippen molar-refractivity contribution in [1.29, 1.82) is 0 Å². The van der Waals surface area contributed by atoms with Crippen LogP contribution in [0.1, 0.15) is 17.3 Å². The number of methoxy groups -OCH3 is 3. The number of rotatable bonds is 6. The van der Waals surface area contributed by atoms with Crippen LogP contribution in [0.5, 0.6) is 28.7 Å². The van der Waals surface area contributed by atoms with E-state index in [-0.39, 0.29) is 13.0 Å². The number of ether oxygens (including phenoxy) is 5. The third-order valence-corrected chi connectivity index (χ3v) is 6.61. The molecular weight excluding hydrogens is 430 g/mol. The Hall–Kier alpha value is -3.17. The Bertz CT molecular complexity index is 1150. The van der Waals surface area contributed by atoms with Gasteiger partial charge in [-0.05, 0) is 43.3 Å². The Balaban J connectivity index is 1.47. The van der Waals surface area contributed by atoms with Crippen LogP contribution < -0.4 is 29.0 Å². The molecule has 32 heavy (non-hydrogen) atoms. The minimum Gasteiger partial charge on any atom is -0.493 e. The van der Waals surface area contributed by atoms with E-state index in [1.165, 1.54) is 5.56 Å². The third-order valence-electron chi connectivity index (χ3n) is 5.84. The fourth-order valence-corrected chi connectivity index (χ4v) is 4.94. The van der Waals surface area contributed by atoms with Gasteiger partial charge in [-0.3, -0.25) is 4.90 Å². The molecule has 3 aromatic rings. The Morgan fingerprint density at radius 2 is 1.94 bits per heavy atom. The predicted octanol–water partition coefficient (Wildman–Crippen LogP) is 4.16. The lowest BCUT2D eigenvalue weighted by Gasteiger charge is -2.36. The summed E-state index contributed by atoms with van der Waals surface area (Å²) in [5.74, 6) is 3.49. The van der Waals surface area contributed by atoms with E-state index in [9.17, 15) is 0 Å². The van der Waals surface area contributed by atoms with Gasteiger partial charge in [0.1, 0.15) is 6.17 Å². The van der Waals surface area contributed by atoms with Gasteiger partial charge in [0.15, 0.2) is 28.1 Å². The second-order valence-electron chi connectivity index (χ2n) is 7.60. The van der Waals surface area contributed by atoms with Crippen molar-refractivity contribution in [1.82, 2.24) is 9.88 Å². The smallest absolute Gasteiger partial charge is 0.231 e. The lowest BCUT2D eigenvalue weighted by atomic mass is 9.95. The van der Waals surface area contributed by atoms with Crippen molar-refractivity contribution in [2.24, 2.45) is 0 Å². The first-order valence-corrected chi connectivity index (χ1v) is 11.1. The van der Waals surface area contributed by atoms with E-state index >= 15 is 0 Å². The second-order valence-corrected chi connectivity index (χ2v) is 8.46. The van der Waals surface area contributed by atoms with Gasteiger partial charge in [0.05, 0.1) is 27.0 Å². The van der Waals surface area contributed by atoms with Crippen LogP contribution in [0.4, 0.5) is 5.13 Å². The lowest BCUT2D eigenvalue weighted by molar-refractivity contribution is 0.170. The number of thiazole rings is 1. The summed E-state index contributed by atoms with van der Waals surface area (Å²) in [7, 11) is 7.02. The molecule has 1 unspecified atom stereocenters. The van der Waals surface area contributed by atoms with Crippen molar-refractivity contribution in [3.63, 3.8) is 0 Å². The van der Waals surface area contributed by atoms with Crippen LogP contribution in [-0.2, 0) is 6.42 Å². The molecular formula is C23H25N3O5S. The maximum atomic E-state index is 5.78. The Morgan fingerprint density at radius 3 is 2.72 bits per heavy atom. The molecule has 9 heteroatoms. The van der Waals surface area contributed by atoms with Crippen molar-refractivity contribution in [2.45, 2.75) is 12.6 Å². The zero-order chi connectivity index (χ0) is 22.2. The molecule has 1 N–H and O–H groups in total. The molecule has 2 aromatic carbocycles. The van der Waals surface area contributed by atoms with E-state index in [1.807, 2.05) is 23.6 Å². The number of hydrogen-bond acceptors (Lipinski definition) is 9. The molecule has 8 nitrogen and oxygen atoms in total. The average molecular weight is 456 g/mol. The normalized spacial score (nSPS) is 17.1. The Labute approximate surface area is 190 Å². The summed E-state index contributed by atoms with van der Waals surface area (Å²) in [6, 6.07) is 7.87. The van der Waals surface area contributed by atoms with E-state index in [0.717, 1.165) is 46.4 Å². The molecule has 2 aliphatic rings. The van der Waals surface area contributed by atoms with E-state index in [4.69, 9.17) is 28.7 Å². The number of hydrogen-bond donors (Lipinski definition) is 1. The van der Waals surface area contributed by atoms with Gasteiger partial charge in [0, 0.05) is 23.1 Å². The summed E-state index contributed by atoms with van der Waals surface area (Å²) in [5, 5.41) is 6.45. The number of anilines is 1. The molecule has 0 fully saturated rings. The second kappa shape index (κ2) is 8.40. The Morgan fingerprint density at radius 1 is 1.09 bits per heavy atom. The SMILES string of the molecule is COc1ccc(-c2csc(NC3c4c(cc5c(c4OC)OCO5)CCN3C)n2)cc1OC. The summed E-state index contributed by atoms with van der Waals surface area (Å²) in [5.41, 5.74) is 4.09. The van der Waals surface area contributed by atoms with Crippen LogP contribution in [0, 0.1) is 0 Å².